The molecule has 23 heavy (non-hydrogen) atoms. The van der Waals surface area contributed by atoms with Gasteiger partial charge in [-0.05, 0) is 48.6 Å². The Kier molecular flexibility index (Phi) is 5.30. The molecule has 0 saturated carbocycles. The van der Waals surface area contributed by atoms with Gasteiger partial charge in [-0.15, -0.1) is 21.5 Å². The van der Waals surface area contributed by atoms with Crippen LogP contribution in [0.1, 0.15) is 21.8 Å². The number of hydrogen-bond acceptors (Lipinski definition) is 5. The molecule has 3 aromatic rings. The molecule has 0 aliphatic heterocycles. The minimum Gasteiger partial charge on any atom is -0.192 e. The molecule has 7 heteroatoms. The number of benzene rings is 1. The van der Waals surface area contributed by atoms with Gasteiger partial charge in [-0.1, -0.05) is 39.8 Å². The third kappa shape index (κ3) is 4.10. The van der Waals surface area contributed by atoms with Crippen molar-refractivity contribution in [2.45, 2.75) is 24.8 Å². The van der Waals surface area contributed by atoms with Crippen molar-refractivity contribution >= 4 is 45.2 Å². The number of rotatable bonds is 5. The van der Waals surface area contributed by atoms with Gasteiger partial charge in [0.2, 0.25) is 5.16 Å². The molecule has 0 atom stereocenters. The topological polar surface area (TPSA) is 43.1 Å². The summed E-state index contributed by atoms with van der Waals surface area (Å²) in [6.07, 6.45) is 1.88. The second kappa shape index (κ2) is 7.42. The first-order valence-electron chi connectivity index (χ1n) is 7.01. The van der Waals surface area contributed by atoms with E-state index in [2.05, 4.69) is 61.7 Å². The lowest BCUT2D eigenvalue weighted by Gasteiger charge is -2.03. The highest BCUT2D eigenvalue weighted by atomic mass is 79.9. The van der Waals surface area contributed by atoms with Gasteiger partial charge in [-0.2, -0.15) is 9.78 Å². The monoisotopic (exact) mass is 406 g/mol. The summed E-state index contributed by atoms with van der Waals surface area (Å²) in [6, 6.07) is 10.4. The molecular formula is C16H15BrN4S2. The predicted octanol–water partition coefficient (Wildman–Crippen LogP) is 4.89. The van der Waals surface area contributed by atoms with Crippen LogP contribution in [0, 0.1) is 13.8 Å². The lowest BCUT2D eigenvalue weighted by molar-refractivity contribution is 0.744. The summed E-state index contributed by atoms with van der Waals surface area (Å²) in [7, 11) is 0. The molecule has 1 aromatic carbocycles. The largest absolute Gasteiger partial charge is 0.212 e. The molecular weight excluding hydrogens is 392 g/mol. The number of aryl methyl sites for hydroxylation is 2. The Morgan fingerprint density at radius 2 is 2.00 bits per heavy atom. The summed E-state index contributed by atoms with van der Waals surface area (Å²) in [6.45, 7) is 4.00. The Hall–Kier alpha value is -1.44. The van der Waals surface area contributed by atoms with Crippen LogP contribution < -0.4 is 0 Å². The van der Waals surface area contributed by atoms with Crippen molar-refractivity contribution < 1.29 is 0 Å². The molecule has 3 rings (SSSR count). The number of aromatic nitrogens is 3. The highest BCUT2D eigenvalue weighted by Gasteiger charge is 2.09. The van der Waals surface area contributed by atoms with Gasteiger partial charge in [0, 0.05) is 10.2 Å². The summed E-state index contributed by atoms with van der Waals surface area (Å²) < 4.78 is 2.88. The quantitative estimate of drug-likeness (QED) is 0.447. The van der Waals surface area contributed by atoms with Crippen molar-refractivity contribution in [1.82, 2.24) is 14.9 Å². The summed E-state index contributed by atoms with van der Waals surface area (Å²) in [5, 5.41) is 15.8. The van der Waals surface area contributed by atoms with E-state index in [1.54, 1.807) is 27.8 Å². The predicted molar refractivity (Wildman–Crippen MR) is 101 cm³/mol. The molecule has 2 heterocycles. The second-order valence-corrected chi connectivity index (χ2v) is 7.78. The van der Waals surface area contributed by atoms with Crippen molar-refractivity contribution in [1.29, 1.82) is 0 Å². The Morgan fingerprint density at radius 3 is 2.70 bits per heavy atom. The summed E-state index contributed by atoms with van der Waals surface area (Å²) in [5.41, 5.74) is 2.47. The molecule has 0 spiro atoms. The van der Waals surface area contributed by atoms with Crippen LogP contribution in [0.25, 0.3) is 0 Å². The van der Waals surface area contributed by atoms with Gasteiger partial charge in [-0.3, -0.25) is 0 Å². The fraction of sp³-hybridized carbons (Fsp3) is 0.188. The molecule has 0 aliphatic carbocycles. The molecule has 118 valence electrons. The summed E-state index contributed by atoms with van der Waals surface area (Å²) in [4.78, 5) is 1.15. The lowest BCUT2D eigenvalue weighted by Crippen LogP contribution is -1.96. The Balaban J connectivity index is 1.75. The number of thiophene rings is 1. The van der Waals surface area contributed by atoms with Gasteiger partial charge in [0.05, 0.1) is 11.1 Å². The van der Waals surface area contributed by atoms with Gasteiger partial charge < -0.3 is 0 Å². The normalized spacial score (nSPS) is 11.4. The first-order chi connectivity index (χ1) is 11.1. The van der Waals surface area contributed by atoms with Gasteiger partial charge in [-0.25, -0.2) is 0 Å². The Labute approximate surface area is 151 Å². The highest BCUT2D eigenvalue weighted by Crippen LogP contribution is 2.23. The van der Waals surface area contributed by atoms with Crippen molar-refractivity contribution in [2.24, 2.45) is 5.10 Å². The van der Waals surface area contributed by atoms with E-state index in [4.69, 9.17) is 0 Å². The average molecular weight is 407 g/mol. The van der Waals surface area contributed by atoms with Gasteiger partial charge in [0.1, 0.15) is 0 Å². The first kappa shape index (κ1) is 16.4. The van der Waals surface area contributed by atoms with Crippen molar-refractivity contribution in [2.75, 3.05) is 0 Å². The van der Waals surface area contributed by atoms with E-state index in [1.165, 1.54) is 11.1 Å². The molecule has 0 radical (unpaired) electrons. The molecule has 0 unspecified atom stereocenters. The fourth-order valence-electron chi connectivity index (χ4n) is 1.92. The Morgan fingerprint density at radius 1 is 1.22 bits per heavy atom. The zero-order valence-electron chi connectivity index (χ0n) is 12.7. The zero-order valence-corrected chi connectivity index (χ0v) is 16.0. The molecule has 0 aliphatic rings. The maximum absolute atomic E-state index is 4.54. The van der Waals surface area contributed by atoms with Gasteiger partial charge >= 0.3 is 0 Å². The van der Waals surface area contributed by atoms with Crippen LogP contribution in [0.4, 0.5) is 0 Å². The summed E-state index contributed by atoms with van der Waals surface area (Å²) >= 11 is 6.76. The van der Waals surface area contributed by atoms with Crippen LogP contribution in [0.5, 0.6) is 0 Å². The second-order valence-electron chi connectivity index (χ2n) is 4.97. The standard InChI is InChI=1S/C16H15BrN4S2/c1-11-7-8-22-15(11)9-18-21-12(2)19-20-16(21)23-10-13-3-5-14(17)6-4-13/h3-9H,10H2,1-2H3/b18-9+. The SMILES string of the molecule is Cc1ccsc1/C=N/n1c(C)nnc1SCc1ccc(Br)cc1. The molecule has 0 amide bonds. The van der Waals surface area contributed by atoms with E-state index < -0.39 is 0 Å². The Bertz CT molecular complexity index is 821. The maximum Gasteiger partial charge on any atom is 0.212 e. The fourth-order valence-corrected chi connectivity index (χ4v) is 3.85. The molecule has 0 saturated heterocycles. The van der Waals surface area contributed by atoms with Crippen LogP contribution in [0.2, 0.25) is 0 Å². The van der Waals surface area contributed by atoms with E-state index in [-0.39, 0.29) is 0 Å². The minimum atomic E-state index is 0.786. The molecule has 4 nitrogen and oxygen atoms in total. The number of halogens is 1. The van der Waals surface area contributed by atoms with E-state index in [0.29, 0.717) is 0 Å². The average Bonchev–Trinajstić information content (AvgIpc) is 3.11. The van der Waals surface area contributed by atoms with E-state index in [0.717, 1.165) is 26.1 Å². The molecule has 0 bridgehead atoms. The smallest absolute Gasteiger partial charge is 0.192 e. The van der Waals surface area contributed by atoms with Crippen molar-refractivity contribution in [3.05, 3.63) is 62.0 Å². The van der Waals surface area contributed by atoms with E-state index >= 15 is 0 Å². The van der Waals surface area contributed by atoms with Crippen LogP contribution in [-0.4, -0.2) is 21.1 Å². The number of hydrogen-bond donors (Lipinski definition) is 0. The number of thioether (sulfide) groups is 1. The highest BCUT2D eigenvalue weighted by molar-refractivity contribution is 9.10. The van der Waals surface area contributed by atoms with Crippen LogP contribution in [-0.2, 0) is 5.75 Å². The van der Waals surface area contributed by atoms with Crippen LogP contribution >= 0.6 is 39.0 Å². The van der Waals surface area contributed by atoms with Crippen molar-refractivity contribution in [3.63, 3.8) is 0 Å². The molecule has 2 aromatic heterocycles. The van der Waals surface area contributed by atoms with Gasteiger partial charge in [0.25, 0.3) is 0 Å². The molecule has 0 N–H and O–H groups in total. The van der Waals surface area contributed by atoms with Gasteiger partial charge in [0.15, 0.2) is 5.82 Å². The van der Waals surface area contributed by atoms with Crippen molar-refractivity contribution in [3.8, 4) is 0 Å². The lowest BCUT2D eigenvalue weighted by atomic mass is 10.2. The number of nitrogens with zero attached hydrogens (tertiary/aromatic N) is 4. The van der Waals surface area contributed by atoms with Crippen LogP contribution in [0.15, 0.2) is 50.4 Å². The van der Waals surface area contributed by atoms with E-state index in [1.807, 2.05) is 25.3 Å². The molecule has 0 fully saturated rings. The third-order valence-corrected chi connectivity index (χ3v) is 5.71. The van der Waals surface area contributed by atoms with Crippen LogP contribution in [0.3, 0.4) is 0 Å². The summed E-state index contributed by atoms with van der Waals surface area (Å²) in [5.74, 6) is 1.62. The first-order valence-corrected chi connectivity index (χ1v) is 9.67. The third-order valence-electron chi connectivity index (χ3n) is 3.24. The maximum atomic E-state index is 4.54. The van der Waals surface area contributed by atoms with E-state index in [9.17, 15) is 0 Å². The zero-order chi connectivity index (χ0) is 16.2. The minimum absolute atomic E-state index is 0.786.